The summed E-state index contributed by atoms with van der Waals surface area (Å²) in [6.07, 6.45) is 0. The van der Waals surface area contributed by atoms with Crippen LogP contribution >= 0.6 is 11.6 Å². The standard InChI is InChI=1S/C25H18ClNO/c1-25(2)18-8-5-9-21-24(18)27(20-12-11-16(26)14-19(20)25)23-17-7-4-3-6-15(17)10-13-22(23)28-21/h3-14H,1-2H3. The van der Waals surface area contributed by atoms with Gasteiger partial charge in [0.1, 0.15) is 0 Å². The Kier molecular flexibility index (Phi) is 3.03. The van der Waals surface area contributed by atoms with E-state index in [9.17, 15) is 0 Å². The molecule has 0 fully saturated rings. The molecule has 2 nitrogen and oxygen atoms in total. The number of hydrogen-bond donors (Lipinski definition) is 0. The van der Waals surface area contributed by atoms with E-state index in [0.717, 1.165) is 33.6 Å². The number of ether oxygens (including phenoxy) is 1. The Bertz CT molecular complexity index is 1290. The van der Waals surface area contributed by atoms with Crippen molar-refractivity contribution in [3.63, 3.8) is 0 Å². The van der Waals surface area contributed by atoms with Crippen LogP contribution < -0.4 is 9.64 Å². The second-order valence-electron chi connectivity index (χ2n) is 8.01. The third-order valence-corrected chi connectivity index (χ3v) is 6.31. The second kappa shape index (κ2) is 5.30. The zero-order valence-electron chi connectivity index (χ0n) is 15.7. The van der Waals surface area contributed by atoms with E-state index in [1.54, 1.807) is 0 Å². The van der Waals surface area contributed by atoms with Crippen LogP contribution in [0, 0.1) is 0 Å². The van der Waals surface area contributed by atoms with Gasteiger partial charge in [0.15, 0.2) is 11.5 Å². The van der Waals surface area contributed by atoms with E-state index in [-0.39, 0.29) is 5.41 Å². The Hall–Kier alpha value is -2.97. The summed E-state index contributed by atoms with van der Waals surface area (Å²) in [5.74, 6) is 1.78. The van der Waals surface area contributed by atoms with E-state index < -0.39 is 0 Å². The van der Waals surface area contributed by atoms with Gasteiger partial charge in [-0.25, -0.2) is 0 Å². The molecule has 2 aliphatic rings. The molecule has 0 saturated carbocycles. The Labute approximate surface area is 168 Å². The highest BCUT2D eigenvalue weighted by atomic mass is 35.5. The highest BCUT2D eigenvalue weighted by Gasteiger charge is 2.41. The first-order valence-electron chi connectivity index (χ1n) is 9.49. The van der Waals surface area contributed by atoms with Crippen molar-refractivity contribution in [2.45, 2.75) is 19.3 Å². The van der Waals surface area contributed by atoms with Gasteiger partial charge in [-0.15, -0.1) is 0 Å². The summed E-state index contributed by atoms with van der Waals surface area (Å²) in [6.45, 7) is 4.52. The fourth-order valence-electron chi connectivity index (χ4n) is 4.71. The second-order valence-corrected chi connectivity index (χ2v) is 8.45. The molecule has 0 amide bonds. The summed E-state index contributed by atoms with van der Waals surface area (Å²) in [6, 6.07) is 25.2. The highest BCUT2D eigenvalue weighted by molar-refractivity contribution is 6.30. The first-order chi connectivity index (χ1) is 13.6. The van der Waals surface area contributed by atoms with Gasteiger partial charge in [0, 0.05) is 15.8 Å². The van der Waals surface area contributed by atoms with Crippen molar-refractivity contribution in [2.24, 2.45) is 0 Å². The van der Waals surface area contributed by atoms with Gasteiger partial charge in [0.2, 0.25) is 0 Å². The fourth-order valence-corrected chi connectivity index (χ4v) is 4.88. The van der Waals surface area contributed by atoms with Crippen molar-refractivity contribution >= 4 is 39.4 Å². The van der Waals surface area contributed by atoms with Crippen molar-refractivity contribution in [2.75, 3.05) is 4.90 Å². The molecule has 6 rings (SSSR count). The molecule has 4 aromatic carbocycles. The van der Waals surface area contributed by atoms with E-state index in [1.807, 2.05) is 6.07 Å². The monoisotopic (exact) mass is 383 g/mol. The van der Waals surface area contributed by atoms with E-state index in [0.29, 0.717) is 0 Å². The molecular weight excluding hydrogens is 366 g/mol. The summed E-state index contributed by atoms with van der Waals surface area (Å²) in [5.41, 5.74) is 5.69. The third kappa shape index (κ3) is 1.93. The molecule has 136 valence electrons. The molecule has 0 spiro atoms. The van der Waals surface area contributed by atoms with Crippen LogP contribution in [0.15, 0.2) is 72.8 Å². The van der Waals surface area contributed by atoms with Crippen LogP contribution in [0.2, 0.25) is 5.02 Å². The Morgan fingerprint density at radius 3 is 2.50 bits per heavy atom. The molecule has 0 atom stereocenters. The van der Waals surface area contributed by atoms with Crippen LogP contribution in [-0.2, 0) is 5.41 Å². The molecule has 3 heteroatoms. The lowest BCUT2D eigenvalue weighted by Gasteiger charge is -2.45. The number of fused-ring (bicyclic) bond motifs is 6. The van der Waals surface area contributed by atoms with Crippen molar-refractivity contribution < 1.29 is 4.74 Å². The Morgan fingerprint density at radius 1 is 0.786 bits per heavy atom. The van der Waals surface area contributed by atoms with Gasteiger partial charge in [-0.05, 0) is 46.8 Å². The lowest BCUT2D eigenvalue weighted by atomic mass is 9.73. The van der Waals surface area contributed by atoms with E-state index in [4.69, 9.17) is 16.3 Å². The van der Waals surface area contributed by atoms with Crippen LogP contribution in [-0.4, -0.2) is 0 Å². The molecule has 0 aliphatic carbocycles. The largest absolute Gasteiger partial charge is 0.453 e. The van der Waals surface area contributed by atoms with Crippen molar-refractivity contribution in [1.29, 1.82) is 0 Å². The van der Waals surface area contributed by atoms with Gasteiger partial charge in [-0.3, -0.25) is 0 Å². The minimum absolute atomic E-state index is 0.173. The number of hydrogen-bond acceptors (Lipinski definition) is 2. The molecule has 4 aromatic rings. The van der Waals surface area contributed by atoms with Gasteiger partial charge < -0.3 is 9.64 Å². The molecule has 2 aliphatic heterocycles. The SMILES string of the molecule is CC1(C)c2cc(Cl)ccc2N2c3c(cccc31)Oc1ccc3ccccc3c12. The van der Waals surface area contributed by atoms with Gasteiger partial charge in [0.25, 0.3) is 0 Å². The molecule has 2 heterocycles. The minimum Gasteiger partial charge on any atom is -0.453 e. The van der Waals surface area contributed by atoms with Crippen molar-refractivity contribution in [3.05, 3.63) is 88.9 Å². The zero-order valence-corrected chi connectivity index (χ0v) is 16.4. The van der Waals surface area contributed by atoms with Crippen LogP contribution in [0.25, 0.3) is 10.8 Å². The number of para-hydroxylation sites is 1. The van der Waals surface area contributed by atoms with Crippen LogP contribution in [0.4, 0.5) is 17.1 Å². The smallest absolute Gasteiger partial charge is 0.152 e. The fraction of sp³-hybridized carbons (Fsp3) is 0.120. The summed E-state index contributed by atoms with van der Waals surface area (Å²) in [4.78, 5) is 2.36. The normalized spacial score (nSPS) is 15.5. The van der Waals surface area contributed by atoms with Crippen LogP contribution in [0.5, 0.6) is 11.5 Å². The quantitative estimate of drug-likeness (QED) is 0.271. The lowest BCUT2D eigenvalue weighted by Crippen LogP contribution is -2.32. The van der Waals surface area contributed by atoms with Crippen molar-refractivity contribution in [3.8, 4) is 11.5 Å². The molecule has 0 bridgehead atoms. The van der Waals surface area contributed by atoms with E-state index in [1.165, 1.54) is 21.9 Å². The van der Waals surface area contributed by atoms with E-state index in [2.05, 4.69) is 85.5 Å². The molecular formula is C25H18ClNO. The average molecular weight is 384 g/mol. The molecule has 0 unspecified atom stereocenters. The summed E-state index contributed by atoms with van der Waals surface area (Å²) < 4.78 is 6.40. The van der Waals surface area contributed by atoms with Gasteiger partial charge in [-0.1, -0.05) is 67.9 Å². The average Bonchev–Trinajstić information content (AvgIpc) is 2.71. The predicted octanol–water partition coefficient (Wildman–Crippen LogP) is 7.71. The Morgan fingerprint density at radius 2 is 1.61 bits per heavy atom. The lowest BCUT2D eigenvalue weighted by molar-refractivity contribution is 0.472. The maximum atomic E-state index is 6.42. The van der Waals surface area contributed by atoms with Crippen molar-refractivity contribution in [1.82, 2.24) is 0 Å². The molecule has 28 heavy (non-hydrogen) atoms. The summed E-state index contributed by atoms with van der Waals surface area (Å²) >= 11 is 6.42. The van der Waals surface area contributed by atoms with Crippen LogP contribution in [0.3, 0.4) is 0 Å². The maximum absolute atomic E-state index is 6.42. The first-order valence-corrected chi connectivity index (χ1v) is 9.87. The highest BCUT2D eigenvalue weighted by Crippen LogP contribution is 2.61. The number of rotatable bonds is 0. The summed E-state index contributed by atoms with van der Waals surface area (Å²) in [7, 11) is 0. The van der Waals surface area contributed by atoms with Gasteiger partial charge in [-0.2, -0.15) is 0 Å². The minimum atomic E-state index is -0.173. The third-order valence-electron chi connectivity index (χ3n) is 6.08. The summed E-state index contributed by atoms with van der Waals surface area (Å²) in [5, 5.41) is 3.14. The number of benzene rings is 4. The van der Waals surface area contributed by atoms with Crippen LogP contribution in [0.1, 0.15) is 25.0 Å². The number of nitrogens with zero attached hydrogens (tertiary/aromatic N) is 1. The first kappa shape index (κ1) is 16.0. The Balaban J connectivity index is 1.79. The zero-order chi connectivity index (χ0) is 19.0. The van der Waals surface area contributed by atoms with Gasteiger partial charge >= 0.3 is 0 Å². The molecule has 0 aromatic heterocycles. The van der Waals surface area contributed by atoms with E-state index >= 15 is 0 Å². The number of anilines is 3. The predicted molar refractivity (Wildman–Crippen MR) is 116 cm³/mol. The molecule has 0 N–H and O–H groups in total. The number of halogens is 1. The van der Waals surface area contributed by atoms with Gasteiger partial charge in [0.05, 0.1) is 17.1 Å². The molecule has 0 saturated heterocycles. The topological polar surface area (TPSA) is 12.5 Å². The maximum Gasteiger partial charge on any atom is 0.152 e. The molecule has 0 radical (unpaired) electrons.